The summed E-state index contributed by atoms with van der Waals surface area (Å²) in [5, 5.41) is 7.00. The Labute approximate surface area is 119 Å². The first-order valence-corrected chi connectivity index (χ1v) is 7.96. The van der Waals surface area contributed by atoms with Crippen LogP contribution in [0.1, 0.15) is 43.7 Å². The van der Waals surface area contributed by atoms with Gasteiger partial charge in [0, 0.05) is 4.88 Å². The van der Waals surface area contributed by atoms with Gasteiger partial charge in [-0.3, -0.25) is 4.79 Å². The predicted molar refractivity (Wildman–Crippen MR) is 79.7 cm³/mol. The van der Waals surface area contributed by atoms with E-state index in [0.717, 1.165) is 36.6 Å². The van der Waals surface area contributed by atoms with Crippen LogP contribution in [0.25, 0.3) is 0 Å². The number of aromatic nitrogens is 1. The Morgan fingerprint density at radius 2 is 2.32 bits per heavy atom. The van der Waals surface area contributed by atoms with E-state index in [0.29, 0.717) is 5.92 Å². The van der Waals surface area contributed by atoms with E-state index in [1.807, 2.05) is 0 Å². The highest BCUT2D eigenvalue weighted by Crippen LogP contribution is 2.24. The Morgan fingerprint density at radius 1 is 1.53 bits per heavy atom. The van der Waals surface area contributed by atoms with Crippen LogP contribution in [0.5, 0.6) is 0 Å². The lowest BCUT2D eigenvalue weighted by molar-refractivity contribution is -0.119. The molecule has 0 radical (unpaired) electrons. The van der Waals surface area contributed by atoms with Crippen LogP contribution in [-0.4, -0.2) is 23.5 Å². The number of hydrogen-bond donors (Lipinski definition) is 2. The first-order chi connectivity index (χ1) is 9.13. The summed E-state index contributed by atoms with van der Waals surface area (Å²) < 4.78 is 0. The van der Waals surface area contributed by atoms with Crippen molar-refractivity contribution in [2.75, 3.05) is 11.9 Å². The number of anilines is 1. The zero-order chi connectivity index (χ0) is 13.8. The monoisotopic (exact) mass is 281 g/mol. The van der Waals surface area contributed by atoms with Gasteiger partial charge in [-0.1, -0.05) is 20.3 Å². The summed E-state index contributed by atoms with van der Waals surface area (Å²) in [6, 6.07) is -0.0621. The summed E-state index contributed by atoms with van der Waals surface area (Å²) >= 11 is 1.57. The van der Waals surface area contributed by atoms with Crippen molar-refractivity contribution in [1.29, 1.82) is 0 Å². The second-order valence-corrected chi connectivity index (χ2v) is 6.37. The van der Waals surface area contributed by atoms with E-state index in [-0.39, 0.29) is 11.9 Å². The summed E-state index contributed by atoms with van der Waals surface area (Å²) in [5.41, 5.74) is 1.09. The molecule has 4 nitrogen and oxygen atoms in total. The largest absolute Gasteiger partial charge is 0.306 e. The molecule has 0 saturated carbocycles. The van der Waals surface area contributed by atoms with Gasteiger partial charge in [0.05, 0.1) is 11.7 Å². The molecule has 19 heavy (non-hydrogen) atoms. The lowest BCUT2D eigenvalue weighted by Gasteiger charge is -2.28. The molecule has 0 aromatic carbocycles. The van der Waals surface area contributed by atoms with Crippen molar-refractivity contribution in [3.63, 3.8) is 0 Å². The van der Waals surface area contributed by atoms with E-state index in [2.05, 4.69) is 36.4 Å². The van der Waals surface area contributed by atoms with E-state index in [1.165, 1.54) is 11.3 Å². The maximum absolute atomic E-state index is 12.2. The molecule has 0 spiro atoms. The molecule has 1 amide bonds. The molecule has 1 aromatic heterocycles. The normalized spacial score (nSPS) is 23.3. The van der Waals surface area contributed by atoms with Crippen molar-refractivity contribution in [2.45, 2.75) is 52.5 Å². The Hall–Kier alpha value is -0.940. The minimum absolute atomic E-state index is 0.0621. The van der Waals surface area contributed by atoms with E-state index < -0.39 is 0 Å². The molecule has 0 aliphatic carbocycles. The van der Waals surface area contributed by atoms with Crippen LogP contribution in [0.3, 0.4) is 0 Å². The lowest BCUT2D eigenvalue weighted by Crippen LogP contribution is -2.46. The molecule has 1 aliphatic rings. The molecular weight excluding hydrogens is 258 g/mol. The van der Waals surface area contributed by atoms with Gasteiger partial charge in [0.1, 0.15) is 0 Å². The lowest BCUT2D eigenvalue weighted by atomic mass is 9.90. The number of thiazole rings is 1. The Balaban J connectivity index is 1.96. The molecule has 1 aromatic rings. The summed E-state index contributed by atoms with van der Waals surface area (Å²) in [7, 11) is 0. The number of hydrogen-bond acceptors (Lipinski definition) is 4. The number of nitrogens with zero attached hydrogens (tertiary/aromatic N) is 1. The predicted octanol–water partition coefficient (Wildman–Crippen LogP) is 2.73. The number of piperidine rings is 1. The van der Waals surface area contributed by atoms with Crippen molar-refractivity contribution in [3.05, 3.63) is 10.6 Å². The fourth-order valence-electron chi connectivity index (χ4n) is 2.57. The van der Waals surface area contributed by atoms with Crippen molar-refractivity contribution in [1.82, 2.24) is 10.3 Å². The van der Waals surface area contributed by atoms with Gasteiger partial charge in [0.25, 0.3) is 0 Å². The summed E-state index contributed by atoms with van der Waals surface area (Å²) in [6.07, 6.45) is 4.18. The van der Waals surface area contributed by atoms with E-state index in [9.17, 15) is 4.79 Å². The second-order valence-electron chi connectivity index (χ2n) is 5.17. The summed E-state index contributed by atoms with van der Waals surface area (Å²) in [4.78, 5) is 17.9. The highest BCUT2D eigenvalue weighted by molar-refractivity contribution is 7.15. The van der Waals surface area contributed by atoms with Crippen molar-refractivity contribution < 1.29 is 4.79 Å². The summed E-state index contributed by atoms with van der Waals surface area (Å²) in [5.74, 6) is 0.732. The van der Waals surface area contributed by atoms with Crippen LogP contribution in [0.2, 0.25) is 0 Å². The van der Waals surface area contributed by atoms with Gasteiger partial charge in [-0.15, -0.1) is 11.3 Å². The average Bonchev–Trinajstić information content (AvgIpc) is 2.78. The standard InChI is InChI=1S/C14H23N3OS/c1-4-10-6-7-15-12(8-10)13(18)17-14-16-11(5-2)9(3)19-14/h10,12,15H,4-8H2,1-3H3,(H,16,17,18). The second kappa shape index (κ2) is 6.48. The smallest absolute Gasteiger partial charge is 0.243 e. The fourth-order valence-corrected chi connectivity index (χ4v) is 3.47. The third-order valence-electron chi connectivity index (χ3n) is 3.86. The average molecular weight is 281 g/mol. The quantitative estimate of drug-likeness (QED) is 0.892. The van der Waals surface area contributed by atoms with Crippen molar-refractivity contribution in [3.8, 4) is 0 Å². The maximum Gasteiger partial charge on any atom is 0.243 e. The Kier molecular flexibility index (Phi) is 4.93. The highest BCUT2D eigenvalue weighted by atomic mass is 32.1. The van der Waals surface area contributed by atoms with Crippen LogP contribution in [0.4, 0.5) is 5.13 Å². The molecule has 1 saturated heterocycles. The van der Waals surface area contributed by atoms with Gasteiger partial charge >= 0.3 is 0 Å². The molecule has 2 unspecified atom stereocenters. The molecule has 2 heterocycles. The van der Waals surface area contributed by atoms with Crippen LogP contribution in [-0.2, 0) is 11.2 Å². The van der Waals surface area contributed by atoms with Crippen LogP contribution in [0, 0.1) is 12.8 Å². The highest BCUT2D eigenvalue weighted by Gasteiger charge is 2.26. The van der Waals surface area contributed by atoms with Gasteiger partial charge in [-0.2, -0.15) is 0 Å². The first kappa shape index (κ1) is 14.5. The third-order valence-corrected chi connectivity index (χ3v) is 4.79. The number of rotatable bonds is 4. The molecule has 1 aliphatic heterocycles. The van der Waals surface area contributed by atoms with E-state index in [1.54, 1.807) is 11.3 Å². The maximum atomic E-state index is 12.2. The minimum Gasteiger partial charge on any atom is -0.306 e. The molecule has 0 bridgehead atoms. The van der Waals surface area contributed by atoms with Crippen molar-refractivity contribution >= 4 is 22.4 Å². The zero-order valence-corrected chi connectivity index (χ0v) is 12.8. The SMILES string of the molecule is CCc1nc(NC(=O)C2CC(CC)CCN2)sc1C. The Morgan fingerprint density at radius 3 is 2.95 bits per heavy atom. The Bertz CT molecular complexity index is 444. The number of aryl methyl sites for hydroxylation is 2. The van der Waals surface area contributed by atoms with Crippen molar-refractivity contribution in [2.24, 2.45) is 5.92 Å². The number of nitrogens with one attached hydrogen (secondary N) is 2. The van der Waals surface area contributed by atoms with Gasteiger partial charge in [0.15, 0.2) is 5.13 Å². The topological polar surface area (TPSA) is 54.0 Å². The van der Waals surface area contributed by atoms with Crippen LogP contribution in [0.15, 0.2) is 0 Å². The number of carbonyl (C=O) groups excluding carboxylic acids is 1. The van der Waals surface area contributed by atoms with Gasteiger partial charge in [-0.25, -0.2) is 4.98 Å². The molecule has 2 atom stereocenters. The summed E-state index contributed by atoms with van der Waals surface area (Å²) in [6.45, 7) is 7.27. The first-order valence-electron chi connectivity index (χ1n) is 7.14. The zero-order valence-electron chi connectivity index (χ0n) is 12.0. The van der Waals surface area contributed by atoms with E-state index >= 15 is 0 Å². The molecule has 2 N–H and O–H groups in total. The van der Waals surface area contributed by atoms with E-state index in [4.69, 9.17) is 0 Å². The third kappa shape index (κ3) is 3.54. The number of amides is 1. The molecule has 1 fully saturated rings. The van der Waals surface area contributed by atoms with Gasteiger partial charge in [0.2, 0.25) is 5.91 Å². The minimum atomic E-state index is -0.0621. The van der Waals surface area contributed by atoms with Crippen LogP contribution >= 0.6 is 11.3 Å². The number of carbonyl (C=O) groups is 1. The molecular formula is C14H23N3OS. The molecule has 106 valence electrons. The fraction of sp³-hybridized carbons (Fsp3) is 0.714. The molecule has 5 heteroatoms. The van der Waals surface area contributed by atoms with Gasteiger partial charge in [-0.05, 0) is 38.6 Å². The van der Waals surface area contributed by atoms with Gasteiger partial charge < -0.3 is 10.6 Å². The van der Waals surface area contributed by atoms with Crippen LogP contribution < -0.4 is 10.6 Å². The molecule has 2 rings (SSSR count).